The maximum absolute atomic E-state index is 2.18. The van der Waals surface area contributed by atoms with Gasteiger partial charge in [-0.25, -0.2) is 0 Å². The zero-order valence-corrected chi connectivity index (χ0v) is 5.14. The van der Waals surface area contributed by atoms with E-state index in [2.05, 4.69) is 25.8 Å². The van der Waals surface area contributed by atoms with Crippen molar-refractivity contribution in [3.63, 3.8) is 0 Å². The van der Waals surface area contributed by atoms with E-state index in [0.717, 1.165) is 0 Å². The summed E-state index contributed by atoms with van der Waals surface area (Å²) in [5, 5.41) is 0. The molecule has 0 nitrogen and oxygen atoms in total. The molecule has 0 aromatic carbocycles. The Bertz CT molecular complexity index is 5.25. The molecule has 0 radical (unpaired) electrons. The van der Waals surface area contributed by atoms with Crippen molar-refractivity contribution in [2.45, 2.75) is 18.3 Å². The van der Waals surface area contributed by atoms with Gasteiger partial charge in [0.05, 0.1) is 0 Å². The summed E-state index contributed by atoms with van der Waals surface area (Å²) in [5.41, 5.74) is 0. The van der Waals surface area contributed by atoms with Crippen molar-refractivity contribution in [2.75, 3.05) is 0 Å². The second-order valence-electron chi connectivity index (χ2n) is 0.667. The summed E-state index contributed by atoms with van der Waals surface area (Å²) >= 11 is 2.18. The van der Waals surface area contributed by atoms with Crippen LogP contribution in [-0.4, -0.2) is 0 Å². The predicted molar refractivity (Wildman–Crippen MR) is 15.1 cm³/mol. The van der Waals surface area contributed by atoms with E-state index >= 15 is 0 Å². The Labute approximate surface area is 37.8 Å². The second-order valence-corrected chi connectivity index (χ2v) is 1.86. The van der Waals surface area contributed by atoms with Crippen LogP contribution in [-0.2, 0) is 18.9 Å². The van der Waals surface area contributed by atoms with E-state index in [-0.39, 0.29) is 0 Å². The molecule has 0 atom stereocenters. The van der Waals surface area contributed by atoms with Gasteiger partial charge in [-0.3, -0.25) is 0 Å². The van der Waals surface area contributed by atoms with Crippen LogP contribution in [0, 0.1) is 0 Å². The molecule has 0 aliphatic heterocycles. The third-order valence-electron chi connectivity index (χ3n) is 0.167. The summed E-state index contributed by atoms with van der Waals surface area (Å²) in [6.45, 7) is 2.18. The first-order valence-electron chi connectivity index (χ1n) is 1.44. The summed E-state index contributed by atoms with van der Waals surface area (Å²) in [7, 11) is 0. The molecule has 0 heterocycles. The molecule has 0 unspecified atom stereocenters. The van der Waals surface area contributed by atoms with Crippen LogP contribution >= 0.6 is 0 Å². The van der Waals surface area contributed by atoms with Crippen LogP contribution in [0.2, 0.25) is 4.93 Å². The Morgan fingerprint density at radius 3 is 2.00 bits per heavy atom. The van der Waals surface area contributed by atoms with Gasteiger partial charge >= 0.3 is 37.2 Å². The van der Waals surface area contributed by atoms with Crippen molar-refractivity contribution in [3.8, 4) is 0 Å². The number of hydrogen-bond acceptors (Lipinski definition) is 0. The van der Waals surface area contributed by atoms with Crippen LogP contribution in [0.1, 0.15) is 13.3 Å². The predicted octanol–water partition coefficient (Wildman–Crippen LogP) is 1.36. The molecular weight excluding hydrogens is 228 g/mol. The van der Waals surface area contributed by atoms with E-state index in [1.54, 1.807) is 0 Å². The number of hydrogen-bond donors (Lipinski definition) is 0. The molecule has 0 bridgehead atoms. The molecule has 1 heteroatoms. The SMILES string of the molecule is CC[CH2][Ir]. The summed E-state index contributed by atoms with van der Waals surface area (Å²) in [4.78, 5) is 1.32. The van der Waals surface area contributed by atoms with Crippen LogP contribution in [0.3, 0.4) is 0 Å². The molecule has 0 aliphatic rings. The van der Waals surface area contributed by atoms with E-state index in [4.69, 9.17) is 0 Å². The van der Waals surface area contributed by atoms with E-state index in [0.29, 0.717) is 0 Å². The van der Waals surface area contributed by atoms with Gasteiger partial charge in [-0.2, -0.15) is 0 Å². The molecule has 4 heavy (non-hydrogen) atoms. The van der Waals surface area contributed by atoms with Crippen molar-refractivity contribution in [1.82, 2.24) is 0 Å². The Morgan fingerprint density at radius 2 is 2.00 bits per heavy atom. The average Bonchev–Trinajstić information content (AvgIpc) is 1.37. The van der Waals surface area contributed by atoms with Crippen LogP contribution in [0.25, 0.3) is 0 Å². The van der Waals surface area contributed by atoms with E-state index in [1.165, 1.54) is 11.4 Å². The molecule has 0 saturated carbocycles. The first-order valence-corrected chi connectivity index (χ1v) is 3.14. The van der Waals surface area contributed by atoms with Crippen molar-refractivity contribution < 1.29 is 18.9 Å². The van der Waals surface area contributed by atoms with Crippen LogP contribution < -0.4 is 0 Å². The molecule has 0 aromatic heterocycles. The van der Waals surface area contributed by atoms with Gasteiger partial charge in [-0.05, 0) is 0 Å². The average molecular weight is 235 g/mol. The maximum atomic E-state index is 2.18. The minimum atomic E-state index is 1.32. The summed E-state index contributed by atoms with van der Waals surface area (Å²) in [6.07, 6.45) is 1.32. The van der Waals surface area contributed by atoms with Gasteiger partial charge < -0.3 is 0 Å². The second kappa shape index (κ2) is 3.65. The summed E-state index contributed by atoms with van der Waals surface area (Å²) in [6, 6.07) is 0. The van der Waals surface area contributed by atoms with Crippen LogP contribution in [0.15, 0.2) is 0 Å². The van der Waals surface area contributed by atoms with Gasteiger partial charge in [0.1, 0.15) is 0 Å². The van der Waals surface area contributed by atoms with Gasteiger partial charge in [0.15, 0.2) is 0 Å². The van der Waals surface area contributed by atoms with Crippen molar-refractivity contribution in [3.05, 3.63) is 0 Å². The third kappa shape index (κ3) is 2.65. The summed E-state index contributed by atoms with van der Waals surface area (Å²) < 4.78 is 0. The van der Waals surface area contributed by atoms with Gasteiger partial charge in [0.25, 0.3) is 0 Å². The third-order valence-corrected chi connectivity index (χ3v) is 1.36. The van der Waals surface area contributed by atoms with Crippen LogP contribution in [0.4, 0.5) is 0 Å². The van der Waals surface area contributed by atoms with Gasteiger partial charge in [-0.1, -0.05) is 0 Å². The Morgan fingerprint density at radius 1 is 1.75 bits per heavy atom. The van der Waals surface area contributed by atoms with Crippen molar-refractivity contribution in [1.29, 1.82) is 0 Å². The fourth-order valence-corrected chi connectivity index (χ4v) is 0. The molecule has 0 spiro atoms. The molecule has 0 fully saturated rings. The fraction of sp³-hybridized carbons (Fsp3) is 1.00. The van der Waals surface area contributed by atoms with E-state index < -0.39 is 0 Å². The fourth-order valence-electron chi connectivity index (χ4n) is 0. The molecule has 0 amide bonds. The minimum absolute atomic E-state index is 1.32. The first-order chi connectivity index (χ1) is 1.91. The van der Waals surface area contributed by atoms with Gasteiger partial charge in [0.2, 0.25) is 0 Å². The Hall–Kier alpha value is 0.649. The molecule has 0 saturated heterocycles. The van der Waals surface area contributed by atoms with E-state index in [9.17, 15) is 0 Å². The quantitative estimate of drug-likeness (QED) is 0.644. The Balaban J connectivity index is 1.97. The molecule has 0 aliphatic carbocycles. The molecule has 28 valence electrons. The zero-order chi connectivity index (χ0) is 3.41. The van der Waals surface area contributed by atoms with Gasteiger partial charge in [-0.15, -0.1) is 0 Å². The van der Waals surface area contributed by atoms with E-state index in [1.807, 2.05) is 0 Å². The molecule has 0 aromatic rings. The molecular formula is C3H7Ir. The molecule has 0 rings (SSSR count). The normalized spacial score (nSPS) is 7.75. The van der Waals surface area contributed by atoms with Crippen molar-refractivity contribution in [2.24, 2.45) is 0 Å². The first kappa shape index (κ1) is 4.65. The van der Waals surface area contributed by atoms with Crippen molar-refractivity contribution >= 4 is 0 Å². The topological polar surface area (TPSA) is 0 Å². The zero-order valence-electron chi connectivity index (χ0n) is 2.75. The monoisotopic (exact) mass is 236 g/mol. The van der Waals surface area contributed by atoms with Crippen LogP contribution in [0.5, 0.6) is 0 Å². The number of rotatable bonds is 1. The summed E-state index contributed by atoms with van der Waals surface area (Å²) in [5.74, 6) is 0. The standard InChI is InChI=1S/C3H7.Ir/c1-3-2;/h1,3H2,2H3;. The Kier molecular flexibility index (Phi) is 4.24. The van der Waals surface area contributed by atoms with Gasteiger partial charge in [0, 0.05) is 0 Å². The molecule has 0 N–H and O–H groups in total.